The Morgan fingerprint density at radius 2 is 1.86 bits per heavy atom. The van der Waals surface area contributed by atoms with Crippen molar-refractivity contribution in [2.75, 3.05) is 0 Å². The summed E-state index contributed by atoms with van der Waals surface area (Å²) in [7, 11) is 0. The van der Waals surface area contributed by atoms with Crippen LogP contribution in [0.4, 0.5) is 0 Å². The molecule has 0 saturated carbocycles. The maximum atomic E-state index is 5.76. The molecule has 4 nitrogen and oxygen atoms in total. The van der Waals surface area contributed by atoms with Gasteiger partial charge in [-0.1, -0.05) is 47.6 Å². The van der Waals surface area contributed by atoms with E-state index >= 15 is 0 Å². The van der Waals surface area contributed by atoms with Gasteiger partial charge in [-0.25, -0.2) is 0 Å². The van der Waals surface area contributed by atoms with Gasteiger partial charge in [0.15, 0.2) is 6.61 Å². The third-order valence-electron chi connectivity index (χ3n) is 3.19. The highest BCUT2D eigenvalue weighted by Crippen LogP contribution is 2.21. The van der Waals surface area contributed by atoms with Crippen molar-refractivity contribution in [2.24, 2.45) is 0 Å². The summed E-state index contributed by atoms with van der Waals surface area (Å²) in [4.78, 5) is 4.34. The first-order chi connectivity index (χ1) is 10.2. The summed E-state index contributed by atoms with van der Waals surface area (Å²) in [5.74, 6) is 1.89. The summed E-state index contributed by atoms with van der Waals surface area (Å²) in [6.45, 7) is 4.31. The van der Waals surface area contributed by atoms with E-state index in [0.29, 0.717) is 11.7 Å². The predicted octanol–water partition coefficient (Wildman–Crippen LogP) is 3.93. The monoisotopic (exact) mass is 280 g/mol. The van der Waals surface area contributed by atoms with E-state index in [1.54, 1.807) is 0 Å². The Bertz CT molecular complexity index is 736. The zero-order valence-corrected chi connectivity index (χ0v) is 12.0. The molecule has 0 spiro atoms. The molecule has 0 bridgehead atoms. The SMILES string of the molecule is Cc1ccc(C)c(OCc2nc(-c3ccccc3)no2)c1. The van der Waals surface area contributed by atoms with Crippen molar-refractivity contribution in [2.45, 2.75) is 20.5 Å². The Hall–Kier alpha value is -2.62. The van der Waals surface area contributed by atoms with Crippen molar-refractivity contribution in [3.05, 3.63) is 65.5 Å². The third-order valence-corrected chi connectivity index (χ3v) is 3.19. The molecule has 3 aromatic rings. The van der Waals surface area contributed by atoms with Crippen LogP contribution in [0.3, 0.4) is 0 Å². The number of nitrogens with zero attached hydrogens (tertiary/aromatic N) is 2. The number of aromatic nitrogens is 2. The molecule has 1 heterocycles. The van der Waals surface area contributed by atoms with Gasteiger partial charge >= 0.3 is 0 Å². The lowest BCUT2D eigenvalue weighted by atomic mass is 10.1. The summed E-state index contributed by atoms with van der Waals surface area (Å²) in [6.07, 6.45) is 0. The van der Waals surface area contributed by atoms with Crippen LogP contribution in [0.25, 0.3) is 11.4 Å². The Morgan fingerprint density at radius 1 is 1.05 bits per heavy atom. The molecule has 2 aromatic carbocycles. The highest BCUT2D eigenvalue weighted by Gasteiger charge is 2.09. The molecule has 0 unspecified atom stereocenters. The van der Waals surface area contributed by atoms with Gasteiger partial charge in [-0.2, -0.15) is 4.98 Å². The second-order valence-corrected chi connectivity index (χ2v) is 4.94. The van der Waals surface area contributed by atoms with Gasteiger partial charge < -0.3 is 9.26 Å². The molecule has 1 aromatic heterocycles. The molecule has 0 N–H and O–H groups in total. The summed E-state index contributed by atoms with van der Waals surface area (Å²) in [5, 5.41) is 3.97. The van der Waals surface area contributed by atoms with Crippen LogP contribution in [0.1, 0.15) is 17.0 Å². The van der Waals surface area contributed by atoms with Gasteiger partial charge in [0.2, 0.25) is 5.82 Å². The van der Waals surface area contributed by atoms with E-state index in [1.165, 1.54) is 0 Å². The van der Waals surface area contributed by atoms with Gasteiger partial charge in [-0.3, -0.25) is 0 Å². The van der Waals surface area contributed by atoms with Gasteiger partial charge in [-0.15, -0.1) is 0 Å². The van der Waals surface area contributed by atoms with Gasteiger partial charge in [-0.05, 0) is 31.0 Å². The smallest absolute Gasteiger partial charge is 0.264 e. The Morgan fingerprint density at radius 3 is 2.67 bits per heavy atom. The maximum absolute atomic E-state index is 5.76. The molecule has 0 saturated heterocycles. The maximum Gasteiger partial charge on any atom is 0.264 e. The molecule has 106 valence electrons. The number of benzene rings is 2. The van der Waals surface area contributed by atoms with Crippen molar-refractivity contribution < 1.29 is 9.26 Å². The Kier molecular flexibility index (Phi) is 3.69. The third kappa shape index (κ3) is 3.11. The number of rotatable bonds is 4. The van der Waals surface area contributed by atoms with Crippen LogP contribution in [0.5, 0.6) is 5.75 Å². The average Bonchev–Trinajstić information content (AvgIpc) is 2.98. The first-order valence-electron chi connectivity index (χ1n) is 6.80. The van der Waals surface area contributed by atoms with E-state index in [9.17, 15) is 0 Å². The van der Waals surface area contributed by atoms with Crippen molar-refractivity contribution in [1.29, 1.82) is 0 Å². The van der Waals surface area contributed by atoms with Crippen molar-refractivity contribution in [3.63, 3.8) is 0 Å². The van der Waals surface area contributed by atoms with Crippen molar-refractivity contribution in [3.8, 4) is 17.1 Å². The van der Waals surface area contributed by atoms with Gasteiger partial charge in [0.25, 0.3) is 5.89 Å². The summed E-state index contributed by atoms with van der Waals surface area (Å²) >= 11 is 0. The fourth-order valence-electron chi connectivity index (χ4n) is 2.02. The number of aryl methyl sites for hydroxylation is 2. The first kappa shape index (κ1) is 13.4. The highest BCUT2D eigenvalue weighted by atomic mass is 16.5. The number of hydrogen-bond donors (Lipinski definition) is 0. The van der Waals surface area contributed by atoms with E-state index < -0.39 is 0 Å². The van der Waals surface area contributed by atoms with E-state index in [-0.39, 0.29) is 6.61 Å². The van der Waals surface area contributed by atoms with Gasteiger partial charge in [0.1, 0.15) is 5.75 Å². The molecular formula is C17H16N2O2. The minimum atomic E-state index is 0.268. The van der Waals surface area contributed by atoms with Crippen LogP contribution < -0.4 is 4.74 Å². The standard InChI is InChI=1S/C17H16N2O2/c1-12-8-9-13(2)15(10-12)20-11-16-18-17(19-21-16)14-6-4-3-5-7-14/h3-10H,11H2,1-2H3. The van der Waals surface area contributed by atoms with Crippen molar-refractivity contribution >= 4 is 0 Å². The van der Waals surface area contributed by atoms with Crippen LogP contribution in [0, 0.1) is 13.8 Å². The van der Waals surface area contributed by atoms with Crippen LogP contribution in [-0.4, -0.2) is 10.1 Å². The molecular weight excluding hydrogens is 264 g/mol. The minimum Gasteiger partial charge on any atom is -0.483 e. The van der Waals surface area contributed by atoms with E-state index in [4.69, 9.17) is 9.26 Å². The lowest BCUT2D eigenvalue weighted by Crippen LogP contribution is -1.97. The van der Waals surface area contributed by atoms with Crippen LogP contribution in [-0.2, 0) is 6.61 Å². The minimum absolute atomic E-state index is 0.268. The number of ether oxygens (including phenoxy) is 1. The van der Waals surface area contributed by atoms with Crippen molar-refractivity contribution in [1.82, 2.24) is 10.1 Å². The molecule has 0 amide bonds. The lowest BCUT2D eigenvalue weighted by molar-refractivity contribution is 0.241. The summed E-state index contributed by atoms with van der Waals surface area (Å²) in [5.41, 5.74) is 3.17. The number of hydrogen-bond acceptors (Lipinski definition) is 4. The lowest BCUT2D eigenvalue weighted by Gasteiger charge is -2.07. The molecule has 0 aliphatic rings. The summed E-state index contributed by atoms with van der Waals surface area (Å²) < 4.78 is 11.0. The Labute approximate surface area is 123 Å². The molecule has 0 aliphatic carbocycles. The van der Waals surface area contributed by atoms with Crippen LogP contribution in [0.2, 0.25) is 0 Å². The predicted molar refractivity (Wildman–Crippen MR) is 80.0 cm³/mol. The normalized spacial score (nSPS) is 10.6. The molecule has 0 atom stereocenters. The topological polar surface area (TPSA) is 48.2 Å². The van der Waals surface area contributed by atoms with Gasteiger partial charge in [0, 0.05) is 5.56 Å². The molecule has 0 fully saturated rings. The van der Waals surface area contributed by atoms with Gasteiger partial charge in [0.05, 0.1) is 0 Å². The highest BCUT2D eigenvalue weighted by molar-refractivity contribution is 5.53. The molecule has 3 rings (SSSR count). The zero-order valence-electron chi connectivity index (χ0n) is 12.0. The largest absolute Gasteiger partial charge is 0.483 e. The van der Waals surface area contributed by atoms with Crippen LogP contribution >= 0.6 is 0 Å². The van der Waals surface area contributed by atoms with Crippen LogP contribution in [0.15, 0.2) is 53.1 Å². The first-order valence-corrected chi connectivity index (χ1v) is 6.80. The zero-order chi connectivity index (χ0) is 14.7. The second-order valence-electron chi connectivity index (χ2n) is 4.94. The van der Waals surface area contributed by atoms with E-state index in [0.717, 1.165) is 22.4 Å². The second kappa shape index (κ2) is 5.79. The molecule has 0 radical (unpaired) electrons. The van der Waals surface area contributed by atoms with E-state index in [1.807, 2.05) is 56.3 Å². The fraction of sp³-hybridized carbons (Fsp3) is 0.176. The van der Waals surface area contributed by atoms with E-state index in [2.05, 4.69) is 16.2 Å². The average molecular weight is 280 g/mol. The fourth-order valence-corrected chi connectivity index (χ4v) is 2.02. The quantitative estimate of drug-likeness (QED) is 0.726. The molecule has 0 aliphatic heterocycles. The molecule has 4 heteroatoms. The molecule has 21 heavy (non-hydrogen) atoms. The Balaban J connectivity index is 1.72. The summed E-state index contributed by atoms with van der Waals surface area (Å²) in [6, 6.07) is 15.8.